The van der Waals surface area contributed by atoms with Crippen molar-refractivity contribution in [1.82, 2.24) is 13.5 Å². The minimum atomic E-state index is -3.55. The Morgan fingerprint density at radius 1 is 1.00 bits per heavy atom. The molecule has 1 N–H and O–H groups in total. The number of piperidine rings is 1. The fourth-order valence-electron chi connectivity index (χ4n) is 4.05. The lowest BCUT2D eigenvalue weighted by Crippen LogP contribution is -2.47. The molecule has 2 aliphatic rings. The molecule has 2 saturated heterocycles. The van der Waals surface area contributed by atoms with Gasteiger partial charge in [0.15, 0.2) is 0 Å². The highest BCUT2D eigenvalue weighted by Crippen LogP contribution is 2.24. The number of amides is 2. The molecular weight excluding hydrogens is 404 g/mol. The summed E-state index contributed by atoms with van der Waals surface area (Å²) in [5.41, 5.74) is 0.977. The molecule has 0 saturated carbocycles. The molecular formula is C21H32N4O4S. The average molecular weight is 437 g/mol. The van der Waals surface area contributed by atoms with Crippen molar-refractivity contribution in [3.05, 3.63) is 29.8 Å². The van der Waals surface area contributed by atoms with Crippen molar-refractivity contribution in [2.45, 2.75) is 38.5 Å². The first-order valence-electron chi connectivity index (χ1n) is 10.7. The zero-order valence-electron chi connectivity index (χ0n) is 17.8. The van der Waals surface area contributed by atoms with Gasteiger partial charge in [-0.25, -0.2) is 0 Å². The van der Waals surface area contributed by atoms with Gasteiger partial charge >= 0.3 is 0 Å². The van der Waals surface area contributed by atoms with Gasteiger partial charge < -0.3 is 10.2 Å². The normalized spacial score (nSPS) is 21.3. The number of carbonyl (C=O) groups excluding carboxylic acids is 2. The van der Waals surface area contributed by atoms with Crippen molar-refractivity contribution in [1.29, 1.82) is 0 Å². The predicted octanol–water partition coefficient (Wildman–Crippen LogP) is 2.16. The molecule has 2 aliphatic heterocycles. The first-order valence-corrected chi connectivity index (χ1v) is 12.1. The molecule has 8 nitrogen and oxygen atoms in total. The maximum atomic E-state index is 13.1. The molecule has 2 heterocycles. The van der Waals surface area contributed by atoms with Crippen LogP contribution in [-0.4, -0.2) is 74.0 Å². The summed E-state index contributed by atoms with van der Waals surface area (Å²) in [5, 5.41) is 2.90. The highest BCUT2D eigenvalue weighted by atomic mass is 32.2. The largest absolute Gasteiger partial charge is 0.339 e. The first-order chi connectivity index (χ1) is 14.3. The number of carbonyl (C=O) groups is 2. The van der Waals surface area contributed by atoms with Crippen molar-refractivity contribution in [3.8, 4) is 0 Å². The van der Waals surface area contributed by atoms with E-state index in [-0.39, 0.29) is 18.4 Å². The van der Waals surface area contributed by atoms with E-state index in [1.165, 1.54) is 22.7 Å². The maximum absolute atomic E-state index is 13.1. The summed E-state index contributed by atoms with van der Waals surface area (Å²) in [6.07, 6.45) is 5.51. The van der Waals surface area contributed by atoms with E-state index in [1.807, 2.05) is 4.90 Å². The monoisotopic (exact) mass is 436 g/mol. The van der Waals surface area contributed by atoms with Gasteiger partial charge in [0.25, 0.3) is 16.1 Å². The molecule has 0 spiro atoms. The van der Waals surface area contributed by atoms with Gasteiger partial charge in [0.1, 0.15) is 0 Å². The predicted molar refractivity (Wildman–Crippen MR) is 116 cm³/mol. The first kappa shape index (κ1) is 22.7. The molecule has 1 unspecified atom stereocenters. The summed E-state index contributed by atoms with van der Waals surface area (Å²) < 4.78 is 27.4. The Labute approximate surface area is 179 Å². The van der Waals surface area contributed by atoms with Crippen LogP contribution in [0.5, 0.6) is 0 Å². The second-order valence-corrected chi connectivity index (χ2v) is 10.4. The van der Waals surface area contributed by atoms with E-state index in [2.05, 4.69) is 5.32 Å². The van der Waals surface area contributed by atoms with Gasteiger partial charge in [-0.15, -0.1) is 0 Å². The fraction of sp³-hybridized carbons (Fsp3) is 0.619. The summed E-state index contributed by atoms with van der Waals surface area (Å²) in [7, 11) is -0.573. The van der Waals surface area contributed by atoms with Crippen molar-refractivity contribution in [2.75, 3.05) is 45.6 Å². The third-order valence-corrected chi connectivity index (χ3v) is 7.76. The summed E-state index contributed by atoms with van der Waals surface area (Å²) in [6, 6.07) is 7.07. The van der Waals surface area contributed by atoms with Crippen molar-refractivity contribution < 1.29 is 18.0 Å². The lowest BCUT2D eigenvalue weighted by Gasteiger charge is -2.33. The van der Waals surface area contributed by atoms with Crippen LogP contribution in [0, 0.1) is 5.92 Å². The van der Waals surface area contributed by atoms with Gasteiger partial charge in [0, 0.05) is 40.3 Å². The maximum Gasteiger partial charge on any atom is 0.281 e. The van der Waals surface area contributed by atoms with Crippen LogP contribution in [0.25, 0.3) is 0 Å². The third kappa shape index (κ3) is 5.19. The SMILES string of the molecule is CN(C)S(=O)(=O)N1CCCC(C(=O)Nc2ccccc2C(=O)N2CCCCCC2)C1. The van der Waals surface area contributed by atoms with E-state index >= 15 is 0 Å². The Bertz CT molecular complexity index is 864. The lowest BCUT2D eigenvalue weighted by molar-refractivity contribution is -0.120. The molecule has 1 atom stereocenters. The molecule has 3 rings (SSSR count). The van der Waals surface area contributed by atoms with Gasteiger partial charge in [-0.05, 0) is 37.8 Å². The zero-order valence-corrected chi connectivity index (χ0v) is 18.7. The minimum Gasteiger partial charge on any atom is -0.339 e. The van der Waals surface area contributed by atoms with Crippen LogP contribution in [0.2, 0.25) is 0 Å². The van der Waals surface area contributed by atoms with Crippen LogP contribution in [-0.2, 0) is 15.0 Å². The van der Waals surface area contributed by atoms with Crippen molar-refractivity contribution in [2.24, 2.45) is 5.92 Å². The van der Waals surface area contributed by atoms with E-state index in [9.17, 15) is 18.0 Å². The van der Waals surface area contributed by atoms with Crippen molar-refractivity contribution >= 4 is 27.7 Å². The number of rotatable bonds is 5. The van der Waals surface area contributed by atoms with E-state index < -0.39 is 16.1 Å². The number of nitrogens with one attached hydrogen (secondary N) is 1. The van der Waals surface area contributed by atoms with Crippen LogP contribution in [0.1, 0.15) is 48.9 Å². The van der Waals surface area contributed by atoms with Gasteiger partial charge in [-0.1, -0.05) is 25.0 Å². The van der Waals surface area contributed by atoms with Crippen LogP contribution < -0.4 is 5.32 Å². The molecule has 2 amide bonds. The number of hydrogen-bond donors (Lipinski definition) is 1. The lowest BCUT2D eigenvalue weighted by atomic mass is 9.98. The number of para-hydroxylation sites is 1. The molecule has 2 fully saturated rings. The Morgan fingerprint density at radius 3 is 2.33 bits per heavy atom. The molecule has 1 aromatic rings. The molecule has 1 aromatic carbocycles. The average Bonchev–Trinajstić information content (AvgIpc) is 3.03. The number of hydrogen-bond acceptors (Lipinski definition) is 4. The quantitative estimate of drug-likeness (QED) is 0.766. The molecule has 0 aromatic heterocycles. The van der Waals surface area contributed by atoms with Crippen LogP contribution in [0.4, 0.5) is 5.69 Å². The Hall–Kier alpha value is -1.97. The second kappa shape index (κ2) is 9.89. The van der Waals surface area contributed by atoms with Gasteiger partial charge in [-0.3, -0.25) is 9.59 Å². The summed E-state index contributed by atoms with van der Waals surface area (Å²) in [4.78, 5) is 27.9. The standard InChI is InChI=1S/C21H32N4O4S/c1-23(2)30(28,29)25-15-9-10-17(16-25)20(26)22-19-12-6-5-11-18(19)21(27)24-13-7-3-4-8-14-24/h5-6,11-12,17H,3-4,7-10,13-16H2,1-2H3,(H,22,26). The number of likely N-dealkylation sites (tertiary alicyclic amines) is 1. The van der Waals surface area contributed by atoms with Gasteiger partial charge in [0.05, 0.1) is 17.2 Å². The molecule has 166 valence electrons. The minimum absolute atomic E-state index is 0.0618. The third-order valence-electron chi connectivity index (χ3n) is 5.85. The van der Waals surface area contributed by atoms with Crippen LogP contribution in [0.3, 0.4) is 0 Å². The van der Waals surface area contributed by atoms with Crippen LogP contribution >= 0.6 is 0 Å². The number of benzene rings is 1. The van der Waals surface area contributed by atoms with E-state index in [1.54, 1.807) is 24.3 Å². The zero-order chi connectivity index (χ0) is 21.7. The Morgan fingerprint density at radius 2 is 1.67 bits per heavy atom. The van der Waals surface area contributed by atoms with Crippen LogP contribution in [0.15, 0.2) is 24.3 Å². The summed E-state index contributed by atoms with van der Waals surface area (Å²) in [5.74, 6) is -0.757. The molecule has 30 heavy (non-hydrogen) atoms. The van der Waals surface area contributed by atoms with Crippen molar-refractivity contribution in [3.63, 3.8) is 0 Å². The highest BCUT2D eigenvalue weighted by molar-refractivity contribution is 7.86. The van der Waals surface area contributed by atoms with E-state index in [4.69, 9.17) is 0 Å². The smallest absolute Gasteiger partial charge is 0.281 e. The summed E-state index contributed by atoms with van der Waals surface area (Å²) in [6.45, 7) is 2.03. The Kier molecular flexibility index (Phi) is 7.49. The second-order valence-electron chi connectivity index (χ2n) is 8.23. The van der Waals surface area contributed by atoms with Gasteiger partial charge in [-0.2, -0.15) is 17.0 Å². The molecule has 0 radical (unpaired) electrons. The number of anilines is 1. The topological polar surface area (TPSA) is 90.0 Å². The summed E-state index contributed by atoms with van der Waals surface area (Å²) >= 11 is 0. The van der Waals surface area contributed by atoms with E-state index in [0.717, 1.165) is 38.8 Å². The van der Waals surface area contributed by atoms with Gasteiger partial charge in [0.2, 0.25) is 5.91 Å². The molecule has 0 aliphatic carbocycles. The van der Waals surface area contributed by atoms with E-state index in [0.29, 0.717) is 30.6 Å². The fourth-order valence-corrected chi connectivity index (χ4v) is 5.24. The Balaban J connectivity index is 1.72. The number of nitrogens with zero attached hydrogens (tertiary/aromatic N) is 3. The molecule has 9 heteroatoms. The molecule has 0 bridgehead atoms. The highest BCUT2D eigenvalue weighted by Gasteiger charge is 2.34.